The number of carboxylic acid groups (broad SMARTS) is 1. The fourth-order valence-electron chi connectivity index (χ4n) is 2.01. The summed E-state index contributed by atoms with van der Waals surface area (Å²) in [6.45, 7) is 5.54. The monoisotopic (exact) mass is 257 g/mol. The molecule has 0 atom stereocenters. The number of nitrogens with zero attached hydrogens (tertiary/aromatic N) is 2. The van der Waals surface area contributed by atoms with Crippen LogP contribution in [0.5, 0.6) is 0 Å². The maximum absolute atomic E-state index is 11.8. The normalized spacial score (nSPS) is 17.3. The molecular weight excluding hydrogens is 234 g/mol. The number of hydrogen-bond donors (Lipinski definition) is 2. The van der Waals surface area contributed by atoms with Gasteiger partial charge in [-0.2, -0.15) is 0 Å². The molecule has 1 fully saturated rings. The molecule has 2 N–H and O–H groups in total. The van der Waals surface area contributed by atoms with Crippen molar-refractivity contribution >= 4 is 12.0 Å². The second-order valence-electron chi connectivity index (χ2n) is 4.60. The number of carboxylic acids is 1. The van der Waals surface area contributed by atoms with Crippen LogP contribution in [0.25, 0.3) is 0 Å². The van der Waals surface area contributed by atoms with Crippen molar-refractivity contribution in [1.82, 2.24) is 15.1 Å². The van der Waals surface area contributed by atoms with Crippen molar-refractivity contribution in [1.29, 1.82) is 0 Å². The van der Waals surface area contributed by atoms with Crippen molar-refractivity contribution in [3.05, 3.63) is 0 Å². The Kier molecular flexibility index (Phi) is 6.49. The summed E-state index contributed by atoms with van der Waals surface area (Å²) in [7, 11) is 0. The third-order valence-electron chi connectivity index (χ3n) is 3.04. The summed E-state index contributed by atoms with van der Waals surface area (Å²) in [6.07, 6.45) is 2.88. The molecule has 0 bridgehead atoms. The van der Waals surface area contributed by atoms with E-state index in [0.717, 1.165) is 25.8 Å². The van der Waals surface area contributed by atoms with E-state index in [-0.39, 0.29) is 12.6 Å². The Balaban J connectivity index is 2.32. The van der Waals surface area contributed by atoms with E-state index < -0.39 is 5.97 Å². The van der Waals surface area contributed by atoms with E-state index in [2.05, 4.69) is 12.2 Å². The predicted molar refractivity (Wildman–Crippen MR) is 68.6 cm³/mol. The highest BCUT2D eigenvalue weighted by atomic mass is 16.4. The summed E-state index contributed by atoms with van der Waals surface area (Å²) in [5.41, 5.74) is 0. The van der Waals surface area contributed by atoms with Crippen LogP contribution in [0.3, 0.4) is 0 Å². The number of urea groups is 1. The first-order chi connectivity index (χ1) is 8.63. The van der Waals surface area contributed by atoms with Crippen molar-refractivity contribution in [2.24, 2.45) is 0 Å². The molecular formula is C12H23N3O3. The molecule has 0 aromatic rings. The first-order valence-corrected chi connectivity index (χ1v) is 6.60. The van der Waals surface area contributed by atoms with Gasteiger partial charge in [-0.15, -0.1) is 0 Å². The Hall–Kier alpha value is -1.30. The Morgan fingerprint density at radius 3 is 2.67 bits per heavy atom. The lowest BCUT2D eigenvalue weighted by Gasteiger charge is -2.21. The minimum atomic E-state index is -0.809. The van der Waals surface area contributed by atoms with Crippen LogP contribution in [-0.4, -0.2) is 66.2 Å². The molecule has 1 rings (SSSR count). The van der Waals surface area contributed by atoms with Gasteiger partial charge in [0.25, 0.3) is 0 Å². The molecule has 0 saturated carbocycles. The molecule has 18 heavy (non-hydrogen) atoms. The van der Waals surface area contributed by atoms with E-state index in [1.807, 2.05) is 4.90 Å². The molecule has 0 aromatic carbocycles. The maximum atomic E-state index is 11.8. The lowest BCUT2D eigenvalue weighted by Crippen LogP contribution is -2.42. The third kappa shape index (κ3) is 5.35. The summed E-state index contributed by atoms with van der Waals surface area (Å²) in [4.78, 5) is 26.1. The van der Waals surface area contributed by atoms with Crippen molar-refractivity contribution < 1.29 is 14.7 Å². The Morgan fingerprint density at radius 1 is 1.22 bits per heavy atom. The van der Waals surface area contributed by atoms with Gasteiger partial charge in [0.1, 0.15) is 0 Å². The van der Waals surface area contributed by atoms with Gasteiger partial charge in [0.15, 0.2) is 0 Å². The van der Waals surface area contributed by atoms with Gasteiger partial charge < -0.3 is 15.3 Å². The van der Waals surface area contributed by atoms with Gasteiger partial charge >= 0.3 is 12.0 Å². The Labute approximate surface area is 108 Å². The average Bonchev–Trinajstić information content (AvgIpc) is 2.54. The topological polar surface area (TPSA) is 72.9 Å². The van der Waals surface area contributed by atoms with Crippen molar-refractivity contribution in [3.8, 4) is 0 Å². The molecule has 6 heteroatoms. The zero-order valence-electron chi connectivity index (χ0n) is 11.0. The summed E-state index contributed by atoms with van der Waals surface area (Å²) in [5.74, 6) is -0.809. The highest BCUT2D eigenvalue weighted by Crippen LogP contribution is 2.03. The van der Waals surface area contributed by atoms with Crippen LogP contribution in [0.2, 0.25) is 0 Å². The maximum Gasteiger partial charge on any atom is 0.317 e. The zero-order chi connectivity index (χ0) is 13.4. The number of amides is 2. The van der Waals surface area contributed by atoms with E-state index in [1.54, 1.807) is 4.90 Å². The van der Waals surface area contributed by atoms with E-state index in [1.165, 1.54) is 0 Å². The summed E-state index contributed by atoms with van der Waals surface area (Å²) in [5, 5.41) is 11.6. The molecule has 1 saturated heterocycles. The first-order valence-electron chi connectivity index (χ1n) is 6.60. The fraction of sp³-hybridized carbons (Fsp3) is 0.833. The van der Waals surface area contributed by atoms with E-state index in [4.69, 9.17) is 5.11 Å². The lowest BCUT2D eigenvalue weighted by atomic mass is 10.3. The van der Waals surface area contributed by atoms with Crippen LogP contribution in [-0.2, 0) is 4.79 Å². The quantitative estimate of drug-likeness (QED) is 0.707. The second-order valence-corrected chi connectivity index (χ2v) is 4.60. The van der Waals surface area contributed by atoms with Crippen molar-refractivity contribution in [2.75, 3.05) is 39.3 Å². The van der Waals surface area contributed by atoms with Gasteiger partial charge in [0, 0.05) is 32.7 Å². The highest BCUT2D eigenvalue weighted by molar-refractivity contribution is 5.74. The van der Waals surface area contributed by atoms with Crippen LogP contribution < -0.4 is 5.32 Å². The molecule has 2 amide bonds. The van der Waals surface area contributed by atoms with E-state index in [9.17, 15) is 9.59 Å². The number of aliphatic carboxylic acids is 1. The van der Waals surface area contributed by atoms with Crippen LogP contribution in [0, 0.1) is 0 Å². The lowest BCUT2D eigenvalue weighted by molar-refractivity contribution is -0.138. The van der Waals surface area contributed by atoms with Gasteiger partial charge in [0.05, 0.1) is 6.54 Å². The Morgan fingerprint density at radius 2 is 2.00 bits per heavy atom. The van der Waals surface area contributed by atoms with Gasteiger partial charge in [-0.05, 0) is 12.8 Å². The highest BCUT2D eigenvalue weighted by Gasteiger charge is 2.19. The Bertz CT molecular complexity index is 284. The zero-order valence-corrected chi connectivity index (χ0v) is 11.0. The standard InChI is InChI=1S/C12H23N3O3/c1-2-3-5-13-12(18)15-7-4-6-14(8-9-15)10-11(16)17/h2-10H2,1H3,(H,13,18)(H,16,17). The van der Waals surface area contributed by atoms with Crippen molar-refractivity contribution in [2.45, 2.75) is 26.2 Å². The largest absolute Gasteiger partial charge is 0.480 e. The van der Waals surface area contributed by atoms with Gasteiger partial charge in [-0.3, -0.25) is 9.69 Å². The molecule has 0 spiro atoms. The SMILES string of the molecule is CCCCNC(=O)N1CCCN(CC(=O)O)CC1. The summed E-state index contributed by atoms with van der Waals surface area (Å²) in [6, 6.07) is -0.0272. The van der Waals surface area contributed by atoms with E-state index >= 15 is 0 Å². The first kappa shape index (κ1) is 14.8. The summed E-state index contributed by atoms with van der Waals surface area (Å²) < 4.78 is 0. The predicted octanol–water partition coefficient (Wildman–Crippen LogP) is 0.588. The molecule has 1 aliphatic heterocycles. The third-order valence-corrected chi connectivity index (χ3v) is 3.04. The number of carbonyl (C=O) groups excluding carboxylic acids is 1. The molecule has 0 unspecified atom stereocenters. The minimum absolute atomic E-state index is 0.0272. The smallest absolute Gasteiger partial charge is 0.317 e. The van der Waals surface area contributed by atoms with Crippen LogP contribution in [0.1, 0.15) is 26.2 Å². The van der Waals surface area contributed by atoms with Gasteiger partial charge in [0.2, 0.25) is 0 Å². The number of carbonyl (C=O) groups is 2. The fourth-order valence-corrected chi connectivity index (χ4v) is 2.01. The van der Waals surface area contributed by atoms with E-state index in [0.29, 0.717) is 26.2 Å². The molecule has 104 valence electrons. The number of rotatable bonds is 5. The van der Waals surface area contributed by atoms with Crippen LogP contribution in [0.4, 0.5) is 4.79 Å². The number of unbranched alkanes of at least 4 members (excludes halogenated alkanes) is 1. The molecule has 6 nitrogen and oxygen atoms in total. The van der Waals surface area contributed by atoms with Crippen LogP contribution in [0.15, 0.2) is 0 Å². The molecule has 0 aliphatic carbocycles. The average molecular weight is 257 g/mol. The number of nitrogens with one attached hydrogen (secondary N) is 1. The molecule has 0 radical (unpaired) electrons. The van der Waals surface area contributed by atoms with Crippen molar-refractivity contribution in [3.63, 3.8) is 0 Å². The minimum Gasteiger partial charge on any atom is -0.480 e. The molecule has 1 heterocycles. The van der Waals surface area contributed by atoms with Gasteiger partial charge in [-0.25, -0.2) is 4.79 Å². The molecule has 0 aromatic heterocycles. The van der Waals surface area contributed by atoms with Crippen LogP contribution >= 0.6 is 0 Å². The second kappa shape index (κ2) is 7.92. The van der Waals surface area contributed by atoms with Gasteiger partial charge in [-0.1, -0.05) is 13.3 Å². The number of hydrogen-bond acceptors (Lipinski definition) is 3. The summed E-state index contributed by atoms with van der Waals surface area (Å²) >= 11 is 0. The molecule has 1 aliphatic rings.